The molecule has 1 amide bonds. The molecule has 1 atom stereocenters. The van der Waals surface area contributed by atoms with Crippen LogP contribution in [0, 0.1) is 13.8 Å². The van der Waals surface area contributed by atoms with Gasteiger partial charge in [0.2, 0.25) is 5.91 Å². The molecule has 6 nitrogen and oxygen atoms in total. The van der Waals surface area contributed by atoms with Gasteiger partial charge in [0, 0.05) is 43.0 Å². The molecule has 2 aromatic carbocycles. The van der Waals surface area contributed by atoms with E-state index in [9.17, 15) is 4.79 Å². The monoisotopic (exact) mass is 418 g/mol. The SMILES string of the molecule is Cc1nn(-c2ccccc2)c(C)c1CC(=O)NCCN1Cc2ccccc2O[C@H](C)C1. The van der Waals surface area contributed by atoms with Crippen LogP contribution in [0.15, 0.2) is 54.6 Å². The summed E-state index contributed by atoms with van der Waals surface area (Å²) in [5, 5.41) is 7.72. The molecule has 0 aliphatic carbocycles. The molecule has 0 unspecified atom stereocenters. The van der Waals surface area contributed by atoms with Crippen molar-refractivity contribution in [2.24, 2.45) is 0 Å². The van der Waals surface area contributed by atoms with Crippen molar-refractivity contribution < 1.29 is 9.53 Å². The van der Waals surface area contributed by atoms with Crippen molar-refractivity contribution in [2.45, 2.75) is 39.8 Å². The van der Waals surface area contributed by atoms with Crippen LogP contribution < -0.4 is 10.1 Å². The Hall–Kier alpha value is -3.12. The van der Waals surface area contributed by atoms with E-state index in [1.165, 1.54) is 5.56 Å². The van der Waals surface area contributed by atoms with E-state index in [2.05, 4.69) is 28.3 Å². The Morgan fingerprint density at radius 2 is 1.87 bits per heavy atom. The van der Waals surface area contributed by atoms with Crippen LogP contribution in [0.5, 0.6) is 5.75 Å². The molecule has 162 valence electrons. The number of ether oxygens (including phenoxy) is 1. The first-order valence-corrected chi connectivity index (χ1v) is 10.9. The van der Waals surface area contributed by atoms with Gasteiger partial charge in [0.1, 0.15) is 11.9 Å². The van der Waals surface area contributed by atoms with Gasteiger partial charge in [-0.15, -0.1) is 0 Å². The Morgan fingerprint density at radius 3 is 2.68 bits per heavy atom. The summed E-state index contributed by atoms with van der Waals surface area (Å²) in [5.74, 6) is 0.987. The Kier molecular flexibility index (Phi) is 6.37. The summed E-state index contributed by atoms with van der Waals surface area (Å²) < 4.78 is 7.93. The zero-order chi connectivity index (χ0) is 21.8. The number of hydrogen-bond donors (Lipinski definition) is 1. The third kappa shape index (κ3) is 4.97. The molecule has 6 heteroatoms. The molecular weight excluding hydrogens is 388 g/mol. The van der Waals surface area contributed by atoms with Crippen LogP contribution in [-0.2, 0) is 17.8 Å². The van der Waals surface area contributed by atoms with Crippen molar-refractivity contribution in [3.63, 3.8) is 0 Å². The molecule has 0 fully saturated rings. The highest BCUT2D eigenvalue weighted by Crippen LogP contribution is 2.24. The van der Waals surface area contributed by atoms with E-state index in [0.717, 1.165) is 48.0 Å². The van der Waals surface area contributed by atoms with Gasteiger partial charge in [-0.2, -0.15) is 5.10 Å². The smallest absolute Gasteiger partial charge is 0.224 e. The van der Waals surface area contributed by atoms with E-state index < -0.39 is 0 Å². The van der Waals surface area contributed by atoms with Crippen LogP contribution in [0.4, 0.5) is 0 Å². The highest BCUT2D eigenvalue weighted by molar-refractivity contribution is 5.79. The predicted molar refractivity (Wildman–Crippen MR) is 122 cm³/mol. The molecule has 3 aromatic rings. The molecule has 4 rings (SSSR count). The topological polar surface area (TPSA) is 59.4 Å². The number of nitrogens with one attached hydrogen (secondary N) is 1. The van der Waals surface area contributed by atoms with E-state index in [1.807, 2.05) is 67.1 Å². The normalized spacial score (nSPS) is 16.3. The predicted octanol–water partition coefficient (Wildman–Crippen LogP) is 3.43. The number of amides is 1. The number of hydrogen-bond acceptors (Lipinski definition) is 4. The minimum absolute atomic E-state index is 0.0262. The van der Waals surface area contributed by atoms with Gasteiger partial charge >= 0.3 is 0 Å². The second kappa shape index (κ2) is 9.35. The lowest BCUT2D eigenvalue weighted by Crippen LogP contribution is -2.38. The summed E-state index contributed by atoms with van der Waals surface area (Å²) in [6, 6.07) is 18.2. The summed E-state index contributed by atoms with van der Waals surface area (Å²) in [6.45, 7) is 9.14. The van der Waals surface area contributed by atoms with Crippen LogP contribution >= 0.6 is 0 Å². The Balaban J connectivity index is 1.34. The standard InChI is InChI=1S/C25H30N4O2/c1-18-16-28(17-21-9-7-8-12-24(21)31-18)14-13-26-25(30)15-23-19(2)27-29(20(23)3)22-10-5-4-6-11-22/h4-12,18H,13-17H2,1-3H3,(H,26,30)/t18-/m1/s1. The molecule has 1 N–H and O–H groups in total. The summed E-state index contributed by atoms with van der Waals surface area (Å²) in [4.78, 5) is 15.0. The highest BCUT2D eigenvalue weighted by Gasteiger charge is 2.20. The molecule has 31 heavy (non-hydrogen) atoms. The summed E-state index contributed by atoms with van der Waals surface area (Å²) in [5.41, 5.74) is 5.10. The maximum Gasteiger partial charge on any atom is 0.224 e. The molecular formula is C25H30N4O2. The van der Waals surface area contributed by atoms with Gasteiger partial charge < -0.3 is 10.1 Å². The fraction of sp³-hybridized carbons (Fsp3) is 0.360. The van der Waals surface area contributed by atoms with Crippen molar-refractivity contribution in [1.29, 1.82) is 0 Å². The number of aryl methyl sites for hydroxylation is 1. The van der Waals surface area contributed by atoms with E-state index in [4.69, 9.17) is 4.74 Å². The van der Waals surface area contributed by atoms with E-state index in [0.29, 0.717) is 13.0 Å². The van der Waals surface area contributed by atoms with Crippen molar-refractivity contribution in [3.05, 3.63) is 77.1 Å². The number of rotatable bonds is 6. The first kappa shape index (κ1) is 21.1. The molecule has 0 bridgehead atoms. The van der Waals surface area contributed by atoms with Crippen molar-refractivity contribution in [3.8, 4) is 11.4 Å². The molecule has 1 aliphatic rings. The van der Waals surface area contributed by atoms with Gasteiger partial charge in [0.15, 0.2) is 0 Å². The van der Waals surface area contributed by atoms with E-state index >= 15 is 0 Å². The van der Waals surface area contributed by atoms with Gasteiger partial charge in [-0.05, 0) is 39.0 Å². The molecule has 0 spiro atoms. The molecule has 0 saturated carbocycles. The van der Waals surface area contributed by atoms with Crippen LogP contribution in [0.2, 0.25) is 0 Å². The quantitative estimate of drug-likeness (QED) is 0.666. The van der Waals surface area contributed by atoms with Gasteiger partial charge in [-0.1, -0.05) is 36.4 Å². The minimum Gasteiger partial charge on any atom is -0.489 e. The highest BCUT2D eigenvalue weighted by atomic mass is 16.5. The lowest BCUT2D eigenvalue weighted by molar-refractivity contribution is -0.120. The van der Waals surface area contributed by atoms with Crippen LogP contribution in [0.25, 0.3) is 5.69 Å². The summed E-state index contributed by atoms with van der Waals surface area (Å²) >= 11 is 0. The lowest BCUT2D eigenvalue weighted by Gasteiger charge is -2.21. The molecule has 0 saturated heterocycles. The van der Waals surface area contributed by atoms with Crippen LogP contribution in [0.3, 0.4) is 0 Å². The zero-order valence-electron chi connectivity index (χ0n) is 18.5. The molecule has 2 heterocycles. The van der Waals surface area contributed by atoms with Gasteiger partial charge in [0.25, 0.3) is 0 Å². The third-order valence-corrected chi connectivity index (χ3v) is 5.74. The number of aromatic nitrogens is 2. The average Bonchev–Trinajstić information content (AvgIpc) is 2.93. The van der Waals surface area contributed by atoms with E-state index in [1.54, 1.807) is 0 Å². The fourth-order valence-corrected chi connectivity index (χ4v) is 4.17. The second-order valence-corrected chi connectivity index (χ2v) is 8.19. The minimum atomic E-state index is 0.0262. The van der Waals surface area contributed by atoms with Crippen molar-refractivity contribution in [1.82, 2.24) is 20.0 Å². The molecule has 0 radical (unpaired) electrons. The first-order chi connectivity index (χ1) is 15.0. The first-order valence-electron chi connectivity index (χ1n) is 10.9. The van der Waals surface area contributed by atoms with Crippen LogP contribution in [-0.4, -0.2) is 46.3 Å². The number of para-hydroxylation sites is 2. The van der Waals surface area contributed by atoms with Gasteiger partial charge in [-0.3, -0.25) is 9.69 Å². The zero-order valence-corrected chi connectivity index (χ0v) is 18.5. The maximum absolute atomic E-state index is 12.6. The Bertz CT molecular complexity index is 1040. The average molecular weight is 419 g/mol. The largest absolute Gasteiger partial charge is 0.489 e. The number of fused-ring (bicyclic) bond motifs is 1. The molecule has 1 aliphatic heterocycles. The van der Waals surface area contributed by atoms with Gasteiger partial charge in [0.05, 0.1) is 17.8 Å². The number of benzene rings is 2. The Morgan fingerprint density at radius 1 is 1.13 bits per heavy atom. The maximum atomic E-state index is 12.6. The lowest BCUT2D eigenvalue weighted by atomic mass is 10.1. The van der Waals surface area contributed by atoms with Crippen LogP contribution in [0.1, 0.15) is 29.4 Å². The Labute approximate surface area is 183 Å². The van der Waals surface area contributed by atoms with Crippen molar-refractivity contribution >= 4 is 5.91 Å². The van der Waals surface area contributed by atoms with Gasteiger partial charge in [-0.25, -0.2) is 4.68 Å². The summed E-state index contributed by atoms with van der Waals surface area (Å²) in [7, 11) is 0. The number of carbonyl (C=O) groups excluding carboxylic acids is 1. The molecule has 1 aromatic heterocycles. The number of nitrogens with zero attached hydrogens (tertiary/aromatic N) is 3. The third-order valence-electron chi connectivity index (χ3n) is 5.74. The second-order valence-electron chi connectivity index (χ2n) is 8.19. The van der Waals surface area contributed by atoms with Crippen molar-refractivity contribution in [2.75, 3.05) is 19.6 Å². The fourth-order valence-electron chi connectivity index (χ4n) is 4.17. The summed E-state index contributed by atoms with van der Waals surface area (Å²) in [6.07, 6.45) is 0.459. The number of carbonyl (C=O) groups is 1. The van der Waals surface area contributed by atoms with E-state index in [-0.39, 0.29) is 12.0 Å².